The zero-order chi connectivity index (χ0) is 18.5. The van der Waals surface area contributed by atoms with Crippen LogP contribution in [0.4, 0.5) is 0 Å². The molecule has 3 aromatic rings. The van der Waals surface area contributed by atoms with Crippen LogP contribution in [0.3, 0.4) is 0 Å². The highest BCUT2D eigenvalue weighted by Gasteiger charge is 2.23. The monoisotopic (exact) mass is 350 g/mol. The molecular formula is C19H18N4O3. The molecule has 0 aliphatic rings. The summed E-state index contributed by atoms with van der Waals surface area (Å²) in [6.07, 6.45) is 3.34. The van der Waals surface area contributed by atoms with E-state index in [2.05, 4.69) is 10.1 Å². The predicted octanol–water partition coefficient (Wildman–Crippen LogP) is 2.63. The average Bonchev–Trinajstić information content (AvgIpc) is 3.13. The Morgan fingerprint density at radius 1 is 1.12 bits per heavy atom. The van der Waals surface area contributed by atoms with Gasteiger partial charge in [0, 0.05) is 31.5 Å². The molecule has 0 aliphatic heterocycles. The summed E-state index contributed by atoms with van der Waals surface area (Å²) in [5.41, 5.74) is 1.62. The second-order valence-electron chi connectivity index (χ2n) is 5.64. The first-order valence-electron chi connectivity index (χ1n) is 8.17. The van der Waals surface area contributed by atoms with Crippen LogP contribution in [-0.4, -0.2) is 43.2 Å². The molecule has 1 aromatic carbocycles. The van der Waals surface area contributed by atoms with Crippen molar-refractivity contribution in [2.24, 2.45) is 0 Å². The first-order valence-corrected chi connectivity index (χ1v) is 8.17. The van der Waals surface area contributed by atoms with Crippen LogP contribution in [0.25, 0.3) is 5.69 Å². The van der Waals surface area contributed by atoms with Crippen molar-refractivity contribution in [3.63, 3.8) is 0 Å². The summed E-state index contributed by atoms with van der Waals surface area (Å²) < 4.78 is 1.38. The molecule has 1 amide bonds. The van der Waals surface area contributed by atoms with E-state index < -0.39 is 5.97 Å². The number of carboxylic acids is 1. The van der Waals surface area contributed by atoms with Crippen molar-refractivity contribution < 1.29 is 14.7 Å². The number of aromatic carboxylic acids is 1. The number of amides is 1. The Labute approximate surface area is 150 Å². The third kappa shape index (κ3) is 3.61. The van der Waals surface area contributed by atoms with Gasteiger partial charge >= 0.3 is 5.97 Å². The lowest BCUT2D eigenvalue weighted by atomic mass is 10.2. The quantitative estimate of drug-likeness (QED) is 0.738. The number of hydrogen-bond donors (Lipinski definition) is 1. The fraction of sp³-hybridized carbons (Fsp3) is 0.158. The molecule has 2 aromatic heterocycles. The highest BCUT2D eigenvalue weighted by Crippen LogP contribution is 2.16. The van der Waals surface area contributed by atoms with Crippen molar-refractivity contribution >= 4 is 11.9 Å². The number of carbonyl (C=O) groups excluding carboxylic acids is 1. The third-order valence-corrected chi connectivity index (χ3v) is 3.94. The molecular weight excluding hydrogens is 332 g/mol. The van der Waals surface area contributed by atoms with Gasteiger partial charge in [0.15, 0.2) is 5.69 Å². The molecule has 26 heavy (non-hydrogen) atoms. The normalized spacial score (nSPS) is 10.5. The van der Waals surface area contributed by atoms with Gasteiger partial charge in [-0.2, -0.15) is 5.10 Å². The minimum atomic E-state index is -1.18. The number of aromatic nitrogens is 3. The Balaban J connectivity index is 1.98. The van der Waals surface area contributed by atoms with Gasteiger partial charge < -0.3 is 10.0 Å². The van der Waals surface area contributed by atoms with Crippen molar-refractivity contribution in [1.29, 1.82) is 0 Å². The SMILES string of the molecule is CCN(Cc1ccncc1)C(=O)c1cc(C(=O)O)nn1-c1ccccc1. The lowest BCUT2D eigenvalue weighted by molar-refractivity contribution is 0.0689. The van der Waals surface area contributed by atoms with E-state index in [9.17, 15) is 14.7 Å². The van der Waals surface area contributed by atoms with Gasteiger partial charge in [-0.3, -0.25) is 9.78 Å². The fourth-order valence-corrected chi connectivity index (χ4v) is 2.60. The van der Waals surface area contributed by atoms with Crippen molar-refractivity contribution in [2.45, 2.75) is 13.5 Å². The number of nitrogens with zero attached hydrogens (tertiary/aromatic N) is 4. The summed E-state index contributed by atoms with van der Waals surface area (Å²) in [5, 5.41) is 13.4. The van der Waals surface area contributed by atoms with E-state index in [4.69, 9.17) is 0 Å². The maximum absolute atomic E-state index is 13.1. The van der Waals surface area contributed by atoms with E-state index >= 15 is 0 Å². The average molecular weight is 350 g/mol. The van der Waals surface area contributed by atoms with Gasteiger partial charge in [0.25, 0.3) is 5.91 Å². The lowest BCUT2D eigenvalue weighted by Crippen LogP contribution is -2.31. The molecule has 132 valence electrons. The molecule has 1 N–H and O–H groups in total. The van der Waals surface area contributed by atoms with Gasteiger partial charge in [-0.15, -0.1) is 0 Å². The van der Waals surface area contributed by atoms with E-state index in [0.717, 1.165) is 5.56 Å². The maximum atomic E-state index is 13.1. The Kier molecular flexibility index (Phi) is 5.07. The maximum Gasteiger partial charge on any atom is 0.356 e. The summed E-state index contributed by atoms with van der Waals surface area (Å²) in [5.74, 6) is -1.46. The molecule has 0 aliphatic carbocycles. The molecule has 0 saturated carbocycles. The first-order chi connectivity index (χ1) is 12.6. The summed E-state index contributed by atoms with van der Waals surface area (Å²) in [4.78, 5) is 30.0. The number of benzene rings is 1. The van der Waals surface area contributed by atoms with E-state index in [1.807, 2.05) is 25.1 Å². The fourth-order valence-electron chi connectivity index (χ4n) is 2.60. The standard InChI is InChI=1S/C19H18N4O3/c1-2-22(13-14-8-10-20-11-9-14)18(24)17-12-16(19(25)26)21-23(17)15-6-4-3-5-7-15/h3-12H,2,13H2,1H3,(H,25,26). The van der Waals surface area contributed by atoms with Gasteiger partial charge in [-0.25, -0.2) is 9.48 Å². The van der Waals surface area contributed by atoms with Crippen molar-refractivity contribution in [3.8, 4) is 5.69 Å². The molecule has 0 radical (unpaired) electrons. The smallest absolute Gasteiger partial charge is 0.356 e. The zero-order valence-electron chi connectivity index (χ0n) is 14.2. The molecule has 2 heterocycles. The molecule has 3 rings (SSSR count). The number of para-hydroxylation sites is 1. The number of rotatable bonds is 6. The molecule has 0 spiro atoms. The number of pyridine rings is 1. The minimum Gasteiger partial charge on any atom is -0.476 e. The van der Waals surface area contributed by atoms with Gasteiger partial charge in [0.2, 0.25) is 0 Å². The van der Waals surface area contributed by atoms with Crippen LogP contribution in [0.1, 0.15) is 33.5 Å². The Bertz CT molecular complexity index is 907. The minimum absolute atomic E-state index is 0.169. The van der Waals surface area contributed by atoms with Gasteiger partial charge in [-0.1, -0.05) is 18.2 Å². The Morgan fingerprint density at radius 3 is 2.42 bits per heavy atom. The summed E-state index contributed by atoms with van der Waals surface area (Å²) >= 11 is 0. The van der Waals surface area contributed by atoms with Gasteiger partial charge in [0.1, 0.15) is 5.69 Å². The second kappa shape index (κ2) is 7.60. The van der Waals surface area contributed by atoms with Gasteiger partial charge in [-0.05, 0) is 36.8 Å². The molecule has 0 unspecified atom stereocenters. The van der Waals surface area contributed by atoms with Crippen molar-refractivity contribution in [1.82, 2.24) is 19.7 Å². The Hall–Kier alpha value is -3.48. The van der Waals surface area contributed by atoms with Crippen LogP contribution < -0.4 is 0 Å². The van der Waals surface area contributed by atoms with E-state index in [1.54, 1.807) is 41.6 Å². The van der Waals surface area contributed by atoms with Crippen LogP contribution in [-0.2, 0) is 6.54 Å². The molecule has 0 fully saturated rings. The van der Waals surface area contributed by atoms with Crippen molar-refractivity contribution in [2.75, 3.05) is 6.54 Å². The zero-order valence-corrected chi connectivity index (χ0v) is 14.2. The van der Waals surface area contributed by atoms with Crippen LogP contribution in [0.2, 0.25) is 0 Å². The molecule has 0 atom stereocenters. The summed E-state index contributed by atoms with van der Waals surface area (Å²) in [6, 6.07) is 14.0. The van der Waals surface area contributed by atoms with Crippen LogP contribution in [0.5, 0.6) is 0 Å². The molecule has 7 heteroatoms. The van der Waals surface area contributed by atoms with E-state index in [1.165, 1.54) is 10.7 Å². The van der Waals surface area contributed by atoms with E-state index in [-0.39, 0.29) is 17.3 Å². The topological polar surface area (TPSA) is 88.3 Å². The first kappa shape index (κ1) is 17.3. The molecule has 7 nitrogen and oxygen atoms in total. The highest BCUT2D eigenvalue weighted by molar-refractivity contribution is 5.96. The number of carboxylic acid groups (broad SMARTS) is 1. The Morgan fingerprint density at radius 2 is 1.81 bits per heavy atom. The molecule has 0 bridgehead atoms. The lowest BCUT2D eigenvalue weighted by Gasteiger charge is -2.21. The van der Waals surface area contributed by atoms with Crippen LogP contribution >= 0.6 is 0 Å². The molecule has 0 saturated heterocycles. The van der Waals surface area contributed by atoms with E-state index in [0.29, 0.717) is 18.8 Å². The predicted molar refractivity (Wildman–Crippen MR) is 95.2 cm³/mol. The van der Waals surface area contributed by atoms with Gasteiger partial charge in [0.05, 0.1) is 5.69 Å². The van der Waals surface area contributed by atoms with Crippen LogP contribution in [0, 0.1) is 0 Å². The van der Waals surface area contributed by atoms with Crippen molar-refractivity contribution in [3.05, 3.63) is 77.9 Å². The highest BCUT2D eigenvalue weighted by atomic mass is 16.4. The summed E-state index contributed by atoms with van der Waals surface area (Å²) in [6.45, 7) is 2.75. The largest absolute Gasteiger partial charge is 0.476 e. The van der Waals surface area contributed by atoms with Crippen LogP contribution in [0.15, 0.2) is 60.9 Å². The summed E-state index contributed by atoms with van der Waals surface area (Å²) in [7, 11) is 0. The third-order valence-electron chi connectivity index (χ3n) is 3.94. The number of hydrogen-bond acceptors (Lipinski definition) is 4. The number of carbonyl (C=O) groups is 2. The second-order valence-corrected chi connectivity index (χ2v) is 5.64.